The van der Waals surface area contributed by atoms with E-state index in [1.165, 1.54) is 0 Å². The van der Waals surface area contributed by atoms with Crippen molar-refractivity contribution in [3.05, 3.63) is 34.4 Å². The van der Waals surface area contributed by atoms with Gasteiger partial charge in [0.25, 0.3) is 0 Å². The van der Waals surface area contributed by atoms with Gasteiger partial charge in [0.15, 0.2) is 5.78 Å². The zero-order valence-corrected chi connectivity index (χ0v) is 8.17. The van der Waals surface area contributed by atoms with Gasteiger partial charge in [0.2, 0.25) is 0 Å². The lowest BCUT2D eigenvalue weighted by molar-refractivity contribution is 0.0972. The lowest BCUT2D eigenvalue weighted by Crippen LogP contribution is -2.14. The number of fused-ring (bicyclic) bond motifs is 1. The maximum atomic E-state index is 11.7. The summed E-state index contributed by atoms with van der Waals surface area (Å²) >= 11 is 0. The molecule has 0 spiro atoms. The van der Waals surface area contributed by atoms with Crippen molar-refractivity contribution in [3.8, 4) is 0 Å². The Morgan fingerprint density at radius 1 is 1.29 bits per heavy atom. The highest BCUT2D eigenvalue weighted by atomic mass is 16.1. The highest BCUT2D eigenvalue weighted by Crippen LogP contribution is 2.26. The van der Waals surface area contributed by atoms with Gasteiger partial charge in [-0.3, -0.25) is 9.59 Å². The molecule has 2 nitrogen and oxygen atoms in total. The topological polar surface area (TPSA) is 34.1 Å². The first-order valence-corrected chi connectivity index (χ1v) is 4.85. The summed E-state index contributed by atoms with van der Waals surface area (Å²) in [7, 11) is 0. The fourth-order valence-corrected chi connectivity index (χ4v) is 2.10. The summed E-state index contributed by atoms with van der Waals surface area (Å²) in [6, 6.07) is 3.66. The van der Waals surface area contributed by atoms with Crippen LogP contribution in [0, 0.1) is 6.92 Å². The Bertz CT molecular complexity index is 405. The Morgan fingerprint density at radius 3 is 2.79 bits per heavy atom. The van der Waals surface area contributed by atoms with Crippen molar-refractivity contribution >= 4 is 12.1 Å². The van der Waals surface area contributed by atoms with Gasteiger partial charge in [0, 0.05) is 17.5 Å². The van der Waals surface area contributed by atoms with Gasteiger partial charge in [-0.05, 0) is 30.9 Å². The Kier molecular flexibility index (Phi) is 2.20. The van der Waals surface area contributed by atoms with Gasteiger partial charge < -0.3 is 0 Å². The molecule has 0 atom stereocenters. The number of carbonyl (C=O) groups excluding carboxylic acids is 2. The standard InChI is InChI=1S/C12H12O2/c1-8-5-6-9(7-13)10-3-2-4-11(14)12(8)10/h5-7H,2-4H2,1H3. The van der Waals surface area contributed by atoms with Crippen LogP contribution in [-0.4, -0.2) is 12.1 Å². The summed E-state index contributed by atoms with van der Waals surface area (Å²) in [6.45, 7) is 1.93. The molecule has 0 aliphatic heterocycles. The molecule has 1 aliphatic rings. The molecule has 1 aromatic rings. The van der Waals surface area contributed by atoms with Gasteiger partial charge in [-0.2, -0.15) is 0 Å². The minimum atomic E-state index is 0.187. The highest BCUT2D eigenvalue weighted by molar-refractivity contribution is 6.01. The molecular weight excluding hydrogens is 176 g/mol. The molecule has 0 aromatic heterocycles. The number of hydrogen-bond acceptors (Lipinski definition) is 2. The zero-order chi connectivity index (χ0) is 10.1. The Balaban J connectivity index is 2.69. The lowest BCUT2D eigenvalue weighted by Gasteiger charge is -2.18. The van der Waals surface area contributed by atoms with E-state index in [1.54, 1.807) is 6.07 Å². The first-order valence-electron chi connectivity index (χ1n) is 4.85. The number of benzene rings is 1. The molecule has 0 saturated carbocycles. The monoisotopic (exact) mass is 188 g/mol. The van der Waals surface area contributed by atoms with Crippen molar-refractivity contribution in [2.24, 2.45) is 0 Å². The van der Waals surface area contributed by atoms with Gasteiger partial charge in [0.05, 0.1) is 0 Å². The van der Waals surface area contributed by atoms with Crippen LogP contribution < -0.4 is 0 Å². The van der Waals surface area contributed by atoms with E-state index < -0.39 is 0 Å². The lowest BCUT2D eigenvalue weighted by atomic mass is 9.85. The van der Waals surface area contributed by atoms with Gasteiger partial charge in [0.1, 0.15) is 6.29 Å². The van der Waals surface area contributed by atoms with Crippen LogP contribution in [-0.2, 0) is 6.42 Å². The highest BCUT2D eigenvalue weighted by Gasteiger charge is 2.21. The number of Topliss-reactive ketones (excluding diaryl/α,β-unsaturated/α-hetero) is 1. The van der Waals surface area contributed by atoms with E-state index in [9.17, 15) is 9.59 Å². The molecule has 14 heavy (non-hydrogen) atoms. The third kappa shape index (κ3) is 1.27. The Hall–Kier alpha value is -1.44. The molecule has 2 rings (SSSR count). The molecule has 0 bridgehead atoms. The van der Waals surface area contributed by atoms with Crippen LogP contribution in [0.2, 0.25) is 0 Å². The van der Waals surface area contributed by atoms with Crippen molar-refractivity contribution in [2.75, 3.05) is 0 Å². The maximum absolute atomic E-state index is 11.7. The largest absolute Gasteiger partial charge is 0.298 e. The summed E-state index contributed by atoms with van der Waals surface area (Å²) < 4.78 is 0. The number of hydrogen-bond donors (Lipinski definition) is 0. The molecule has 1 aliphatic carbocycles. The molecule has 2 heteroatoms. The quantitative estimate of drug-likeness (QED) is 0.634. The van der Waals surface area contributed by atoms with Crippen molar-refractivity contribution in [3.63, 3.8) is 0 Å². The molecule has 0 radical (unpaired) electrons. The van der Waals surface area contributed by atoms with Crippen molar-refractivity contribution < 1.29 is 9.59 Å². The van der Waals surface area contributed by atoms with Crippen LogP contribution in [0.3, 0.4) is 0 Å². The number of rotatable bonds is 1. The first-order chi connectivity index (χ1) is 6.74. The average Bonchev–Trinajstić information content (AvgIpc) is 2.18. The molecule has 0 amide bonds. The van der Waals surface area contributed by atoms with Crippen LogP contribution in [0.4, 0.5) is 0 Å². The van der Waals surface area contributed by atoms with Gasteiger partial charge in [-0.1, -0.05) is 12.1 Å². The molecule has 0 unspecified atom stereocenters. The SMILES string of the molecule is Cc1ccc(C=O)c2c1C(=O)CCC2. The fraction of sp³-hybridized carbons (Fsp3) is 0.333. The van der Waals surface area contributed by atoms with Crippen LogP contribution in [0.25, 0.3) is 0 Å². The molecule has 1 aromatic carbocycles. The summed E-state index contributed by atoms with van der Waals surface area (Å²) in [6.07, 6.45) is 3.19. The fourth-order valence-electron chi connectivity index (χ4n) is 2.10. The minimum Gasteiger partial charge on any atom is -0.298 e. The van der Waals surface area contributed by atoms with Crippen LogP contribution in [0.5, 0.6) is 0 Å². The molecular formula is C12H12O2. The van der Waals surface area contributed by atoms with Crippen molar-refractivity contribution in [1.82, 2.24) is 0 Å². The third-order valence-electron chi connectivity index (χ3n) is 2.79. The summed E-state index contributed by atoms with van der Waals surface area (Å²) in [5.41, 5.74) is 3.42. The zero-order valence-electron chi connectivity index (χ0n) is 8.17. The molecule has 72 valence electrons. The predicted octanol–water partition coefficient (Wildman–Crippen LogP) is 2.33. The van der Waals surface area contributed by atoms with Crippen LogP contribution in [0.1, 0.15) is 44.7 Å². The first kappa shape index (κ1) is 9.13. The summed E-state index contributed by atoms with van der Waals surface area (Å²) in [4.78, 5) is 22.4. The molecule has 0 saturated heterocycles. The number of aldehydes is 1. The van der Waals surface area contributed by atoms with Gasteiger partial charge >= 0.3 is 0 Å². The van der Waals surface area contributed by atoms with Gasteiger partial charge in [-0.25, -0.2) is 0 Å². The maximum Gasteiger partial charge on any atom is 0.163 e. The van der Waals surface area contributed by atoms with E-state index in [0.29, 0.717) is 12.0 Å². The normalized spacial score (nSPS) is 15.1. The van der Waals surface area contributed by atoms with E-state index in [2.05, 4.69) is 0 Å². The van der Waals surface area contributed by atoms with E-state index in [4.69, 9.17) is 0 Å². The minimum absolute atomic E-state index is 0.187. The number of carbonyl (C=O) groups is 2. The Morgan fingerprint density at radius 2 is 2.07 bits per heavy atom. The van der Waals surface area contributed by atoms with Crippen molar-refractivity contribution in [1.29, 1.82) is 0 Å². The smallest absolute Gasteiger partial charge is 0.163 e. The second-order valence-electron chi connectivity index (χ2n) is 3.72. The van der Waals surface area contributed by atoms with E-state index in [1.807, 2.05) is 13.0 Å². The third-order valence-corrected chi connectivity index (χ3v) is 2.79. The summed E-state index contributed by atoms with van der Waals surface area (Å²) in [5.74, 6) is 0.187. The second kappa shape index (κ2) is 3.37. The van der Waals surface area contributed by atoms with Gasteiger partial charge in [-0.15, -0.1) is 0 Å². The Labute approximate surface area is 82.9 Å². The van der Waals surface area contributed by atoms with Crippen LogP contribution in [0.15, 0.2) is 12.1 Å². The number of ketones is 1. The second-order valence-corrected chi connectivity index (χ2v) is 3.72. The van der Waals surface area contributed by atoms with Crippen molar-refractivity contribution in [2.45, 2.75) is 26.2 Å². The summed E-state index contributed by atoms with van der Waals surface area (Å²) in [5, 5.41) is 0. The van der Waals surface area contributed by atoms with E-state index in [0.717, 1.165) is 35.8 Å². The predicted molar refractivity (Wildman–Crippen MR) is 53.8 cm³/mol. The number of aryl methyl sites for hydroxylation is 1. The van der Waals surface area contributed by atoms with E-state index >= 15 is 0 Å². The molecule has 0 N–H and O–H groups in total. The molecule has 0 heterocycles. The van der Waals surface area contributed by atoms with Crippen LogP contribution >= 0.6 is 0 Å². The average molecular weight is 188 g/mol. The van der Waals surface area contributed by atoms with E-state index in [-0.39, 0.29) is 5.78 Å². The molecule has 0 fully saturated rings.